The Morgan fingerprint density at radius 2 is 2.00 bits per heavy atom. The van der Waals surface area contributed by atoms with Crippen LogP contribution in [0.15, 0.2) is 0 Å². The van der Waals surface area contributed by atoms with Gasteiger partial charge in [-0.25, -0.2) is 0 Å². The second kappa shape index (κ2) is 2.65. The Morgan fingerprint density at radius 1 is 1.57 bits per heavy atom. The number of hydrogen-bond donors (Lipinski definition) is 0. The Kier molecular flexibility index (Phi) is 2.80. The molecule has 0 atom stereocenters. The molecule has 7 heavy (non-hydrogen) atoms. The van der Waals surface area contributed by atoms with Crippen molar-refractivity contribution in [2.75, 3.05) is 13.3 Å². The van der Waals surface area contributed by atoms with Gasteiger partial charge in [0.1, 0.15) is 0 Å². The summed E-state index contributed by atoms with van der Waals surface area (Å²) in [5.74, 6) is 0. The topological polar surface area (TPSA) is 26.3 Å². The van der Waals surface area contributed by atoms with Gasteiger partial charge in [0, 0.05) is 13.3 Å². The molecule has 0 bridgehead atoms. The van der Waals surface area contributed by atoms with Crippen molar-refractivity contribution >= 4 is 17.1 Å². The van der Waals surface area contributed by atoms with E-state index in [0.29, 0.717) is 0 Å². The molecule has 0 aliphatic rings. The first kappa shape index (κ1) is 7.41. The lowest BCUT2D eigenvalue weighted by atomic mass is 11.9. The third-order valence-electron chi connectivity index (χ3n) is 0.440. The summed E-state index contributed by atoms with van der Waals surface area (Å²) < 4.78 is 15.6. The molecule has 0 spiro atoms. The van der Waals surface area contributed by atoms with Gasteiger partial charge in [-0.1, -0.05) is 6.55 Å². The zero-order valence-corrected chi connectivity index (χ0v) is 7.28. The van der Waals surface area contributed by atoms with Gasteiger partial charge in [-0.15, -0.1) is 0 Å². The Balaban J connectivity index is 3.36. The van der Waals surface area contributed by atoms with Crippen LogP contribution >= 0.6 is 7.37 Å². The van der Waals surface area contributed by atoms with Crippen LogP contribution in [0.2, 0.25) is 6.55 Å². The van der Waals surface area contributed by atoms with Crippen molar-refractivity contribution in [3.8, 4) is 0 Å². The summed E-state index contributed by atoms with van der Waals surface area (Å²) >= 11 is 0. The maximum absolute atomic E-state index is 10.6. The minimum atomic E-state index is -2.10. The van der Waals surface area contributed by atoms with Crippen LogP contribution in [0.3, 0.4) is 0 Å². The van der Waals surface area contributed by atoms with Gasteiger partial charge >= 0.3 is 0 Å². The molecule has 4 heteroatoms. The molecule has 0 unspecified atom stereocenters. The SMILES string of the molecule is C[SiH2]OP(C)(C)=O. The highest BCUT2D eigenvalue weighted by molar-refractivity contribution is 7.58. The maximum atomic E-state index is 10.6. The monoisotopic (exact) mass is 138 g/mol. The molecule has 0 aromatic carbocycles. The first-order valence-corrected chi connectivity index (χ1v) is 6.77. The van der Waals surface area contributed by atoms with Gasteiger partial charge in [0.2, 0.25) is 0 Å². The van der Waals surface area contributed by atoms with E-state index in [0.717, 1.165) is 0 Å². The molecule has 0 saturated heterocycles. The van der Waals surface area contributed by atoms with Gasteiger partial charge in [0.25, 0.3) is 0 Å². The Hall–Kier alpha value is 0.407. The highest BCUT2D eigenvalue weighted by Gasteiger charge is 2.01. The summed E-state index contributed by atoms with van der Waals surface area (Å²) in [6.45, 7) is 5.26. The van der Waals surface area contributed by atoms with E-state index in [-0.39, 0.29) is 0 Å². The molecule has 0 aliphatic heterocycles. The minimum Gasteiger partial charge on any atom is -0.378 e. The summed E-state index contributed by atoms with van der Waals surface area (Å²) in [6.07, 6.45) is 0. The van der Waals surface area contributed by atoms with E-state index in [4.69, 9.17) is 4.21 Å². The zero-order chi connectivity index (χ0) is 5.91. The van der Waals surface area contributed by atoms with Crippen LogP contribution in [0, 0.1) is 0 Å². The second-order valence-corrected chi connectivity index (χ2v) is 5.78. The third kappa shape index (κ3) is 6.41. The first-order valence-electron chi connectivity index (χ1n) is 2.26. The molecule has 0 aromatic heterocycles. The van der Waals surface area contributed by atoms with E-state index in [1.807, 2.05) is 6.55 Å². The number of rotatable bonds is 2. The van der Waals surface area contributed by atoms with E-state index in [2.05, 4.69) is 0 Å². The Bertz CT molecular complexity index is 86.9. The molecule has 0 radical (unpaired) electrons. The predicted octanol–water partition coefficient (Wildman–Crippen LogP) is 0.673. The lowest BCUT2D eigenvalue weighted by Gasteiger charge is -2.03. The standard InChI is InChI=1S/C3H11O2PSi/c1-6(2,4)5-7-3/h7H2,1-3H3. The van der Waals surface area contributed by atoms with Crippen LogP contribution in [0.4, 0.5) is 0 Å². The largest absolute Gasteiger partial charge is 0.378 e. The van der Waals surface area contributed by atoms with Crippen molar-refractivity contribution < 1.29 is 8.78 Å². The molecule has 0 N–H and O–H groups in total. The predicted molar refractivity (Wildman–Crippen MR) is 34.9 cm³/mol. The quantitative estimate of drug-likeness (QED) is 0.414. The van der Waals surface area contributed by atoms with Gasteiger partial charge in [-0.3, -0.25) is 4.57 Å². The summed E-state index contributed by atoms with van der Waals surface area (Å²) in [5.41, 5.74) is 0. The van der Waals surface area contributed by atoms with Crippen molar-refractivity contribution in [2.24, 2.45) is 0 Å². The van der Waals surface area contributed by atoms with Gasteiger partial charge in [0.15, 0.2) is 17.1 Å². The van der Waals surface area contributed by atoms with Crippen LogP contribution in [0.1, 0.15) is 0 Å². The van der Waals surface area contributed by atoms with Gasteiger partial charge in [-0.05, 0) is 0 Å². The van der Waals surface area contributed by atoms with Crippen molar-refractivity contribution in [1.29, 1.82) is 0 Å². The smallest absolute Gasteiger partial charge is 0.187 e. The maximum Gasteiger partial charge on any atom is 0.187 e. The Labute approximate surface area is 46.7 Å². The summed E-state index contributed by atoms with van der Waals surface area (Å²) in [7, 11) is -2.56. The molecule has 0 aromatic rings. The Morgan fingerprint density at radius 3 is 2.00 bits per heavy atom. The molecular weight excluding hydrogens is 127 g/mol. The van der Waals surface area contributed by atoms with Crippen LogP contribution < -0.4 is 0 Å². The fourth-order valence-corrected chi connectivity index (χ4v) is 2.80. The molecule has 44 valence electrons. The molecule has 0 saturated carbocycles. The highest BCUT2D eigenvalue weighted by atomic mass is 31.2. The van der Waals surface area contributed by atoms with Crippen LogP contribution in [-0.2, 0) is 8.78 Å². The molecule has 0 rings (SSSR count). The molecule has 0 fully saturated rings. The van der Waals surface area contributed by atoms with Crippen molar-refractivity contribution in [2.45, 2.75) is 6.55 Å². The first-order chi connectivity index (χ1) is 3.06. The van der Waals surface area contributed by atoms with Crippen LogP contribution in [0.5, 0.6) is 0 Å². The van der Waals surface area contributed by atoms with E-state index >= 15 is 0 Å². The summed E-state index contributed by atoms with van der Waals surface area (Å²) in [6, 6.07) is 0. The number of hydrogen-bond acceptors (Lipinski definition) is 2. The average molecular weight is 138 g/mol. The molecule has 0 aliphatic carbocycles. The third-order valence-corrected chi connectivity index (χ3v) is 3.96. The van der Waals surface area contributed by atoms with E-state index in [1.165, 1.54) is 0 Å². The fraction of sp³-hybridized carbons (Fsp3) is 1.00. The van der Waals surface area contributed by atoms with Gasteiger partial charge < -0.3 is 4.21 Å². The molecular formula is C3H11O2PSi. The lowest BCUT2D eigenvalue weighted by Crippen LogP contribution is -1.87. The van der Waals surface area contributed by atoms with Crippen molar-refractivity contribution in [3.63, 3.8) is 0 Å². The molecule has 0 amide bonds. The van der Waals surface area contributed by atoms with Crippen molar-refractivity contribution in [1.82, 2.24) is 0 Å². The van der Waals surface area contributed by atoms with Crippen LogP contribution in [-0.4, -0.2) is 23.1 Å². The molecule has 0 heterocycles. The summed E-state index contributed by atoms with van der Waals surface area (Å²) in [4.78, 5) is 0. The van der Waals surface area contributed by atoms with Gasteiger partial charge in [0.05, 0.1) is 0 Å². The van der Waals surface area contributed by atoms with E-state index < -0.39 is 17.1 Å². The van der Waals surface area contributed by atoms with Gasteiger partial charge in [-0.2, -0.15) is 0 Å². The van der Waals surface area contributed by atoms with Crippen molar-refractivity contribution in [3.05, 3.63) is 0 Å². The lowest BCUT2D eigenvalue weighted by molar-refractivity contribution is 0.509. The average Bonchev–Trinajstić information content (AvgIpc) is 1.30. The highest BCUT2D eigenvalue weighted by Crippen LogP contribution is 2.35. The van der Waals surface area contributed by atoms with E-state index in [1.54, 1.807) is 13.3 Å². The van der Waals surface area contributed by atoms with E-state index in [9.17, 15) is 4.57 Å². The molecule has 2 nitrogen and oxygen atoms in total. The van der Waals surface area contributed by atoms with Crippen LogP contribution in [0.25, 0.3) is 0 Å². The summed E-state index contributed by atoms with van der Waals surface area (Å²) in [5, 5.41) is 0. The zero-order valence-electron chi connectivity index (χ0n) is 4.97. The second-order valence-electron chi connectivity index (χ2n) is 1.67. The fourth-order valence-electron chi connectivity index (χ4n) is 0.311. The normalized spacial score (nSPS) is 13.6. The minimum absolute atomic E-state index is 0.453.